The Balaban J connectivity index is 0. The molecule has 10 heavy (non-hydrogen) atoms. The maximum atomic E-state index is 10.5. The Kier molecular flexibility index (Phi) is 8.21. The summed E-state index contributed by atoms with van der Waals surface area (Å²) in [6, 6.07) is 0. The Labute approximate surface area is 73.7 Å². The van der Waals surface area contributed by atoms with Crippen LogP contribution in [0.3, 0.4) is 0 Å². The van der Waals surface area contributed by atoms with Crippen LogP contribution in [0.25, 0.3) is 0 Å². The van der Waals surface area contributed by atoms with Crippen LogP contribution in [0.5, 0.6) is 0 Å². The van der Waals surface area contributed by atoms with Crippen LogP contribution in [0.15, 0.2) is 24.5 Å². The molecule has 0 saturated heterocycles. The van der Waals surface area contributed by atoms with Crippen molar-refractivity contribution in [2.24, 2.45) is 0 Å². The van der Waals surface area contributed by atoms with Gasteiger partial charge in [-0.1, -0.05) is 12.7 Å². The molecule has 0 unspecified atom stereocenters. The number of hydrogen-bond acceptors (Lipinski definition) is 2. The molecule has 52 valence electrons. The number of hydrogen-bond donors (Lipinski definition) is 0. The van der Waals surface area contributed by atoms with Gasteiger partial charge in [-0.3, -0.25) is 0 Å². The van der Waals surface area contributed by atoms with Crippen LogP contribution in [0, 0.1) is 0 Å². The first-order chi connectivity index (χ1) is 4.18. The summed E-state index contributed by atoms with van der Waals surface area (Å²) in [5, 5.41) is 0. The Morgan fingerprint density at radius 2 is 2.10 bits per heavy atom. The number of allylic oxidation sites excluding steroid dienone is 1. The predicted octanol–water partition coefficient (Wildman–Crippen LogP) is 1.64. The van der Waals surface area contributed by atoms with Crippen molar-refractivity contribution in [3.05, 3.63) is 24.5 Å². The van der Waals surface area contributed by atoms with Gasteiger partial charge in [-0.15, -0.1) is 0 Å². The van der Waals surface area contributed by atoms with E-state index in [2.05, 4.69) is 11.3 Å². The predicted molar refractivity (Wildman–Crippen MR) is 35.7 cm³/mol. The van der Waals surface area contributed by atoms with E-state index >= 15 is 0 Å². The molecule has 3 heteroatoms. The monoisotopic (exact) mass is 190 g/mol. The second-order valence-corrected chi connectivity index (χ2v) is 1.66. The summed E-state index contributed by atoms with van der Waals surface area (Å²) in [4.78, 5) is 10.5. The topological polar surface area (TPSA) is 26.3 Å². The molecule has 0 aliphatic heterocycles. The van der Waals surface area contributed by atoms with E-state index in [1.54, 1.807) is 19.9 Å². The summed E-state index contributed by atoms with van der Waals surface area (Å²) in [5.41, 5.74) is 0.410. The normalized spacial score (nSPS) is 8.60. The molecular weight excluding hydrogens is 181 g/mol. The van der Waals surface area contributed by atoms with Gasteiger partial charge in [-0.25, -0.2) is 4.79 Å². The molecule has 0 aliphatic rings. The molecule has 0 rings (SSSR count). The molecule has 0 fully saturated rings. The average Bonchev–Trinajstić information content (AvgIpc) is 1.82. The Morgan fingerprint density at radius 1 is 1.60 bits per heavy atom. The van der Waals surface area contributed by atoms with Gasteiger partial charge in [0, 0.05) is 25.1 Å². The quantitative estimate of drug-likeness (QED) is 0.287. The Hall–Kier alpha value is -0.427. The summed E-state index contributed by atoms with van der Waals surface area (Å²) < 4.78 is 4.53. The van der Waals surface area contributed by atoms with Crippen molar-refractivity contribution in [1.29, 1.82) is 0 Å². The van der Waals surface area contributed by atoms with E-state index in [4.69, 9.17) is 0 Å². The van der Waals surface area contributed by atoms with E-state index in [0.29, 0.717) is 5.57 Å². The van der Waals surface area contributed by atoms with Crippen LogP contribution < -0.4 is 0 Å². The van der Waals surface area contributed by atoms with E-state index in [9.17, 15) is 4.79 Å². The molecule has 0 aromatic rings. The second-order valence-electron chi connectivity index (χ2n) is 1.66. The Morgan fingerprint density at radius 3 is 2.40 bits per heavy atom. The van der Waals surface area contributed by atoms with Gasteiger partial charge in [0.1, 0.15) is 0 Å². The molecule has 0 aliphatic carbocycles. The van der Waals surface area contributed by atoms with Gasteiger partial charge in [0.2, 0.25) is 0 Å². The number of carbonyl (C=O) groups excluding carboxylic acids is 1. The molecule has 0 N–H and O–H groups in total. The van der Waals surface area contributed by atoms with E-state index < -0.39 is 0 Å². The number of carbonyl (C=O) groups is 1. The zero-order valence-electron chi connectivity index (χ0n) is 6.39. The minimum atomic E-state index is -0.381. The van der Waals surface area contributed by atoms with Crippen molar-refractivity contribution >= 4 is 5.97 Å². The van der Waals surface area contributed by atoms with Crippen LogP contribution in [0.1, 0.15) is 13.8 Å². The van der Waals surface area contributed by atoms with Crippen LogP contribution in [0.2, 0.25) is 0 Å². The van der Waals surface area contributed by atoms with Gasteiger partial charge in [0.15, 0.2) is 0 Å². The first-order valence-electron chi connectivity index (χ1n) is 2.66. The molecular formula is C7H10O2Zn. The van der Waals surface area contributed by atoms with Crippen LogP contribution in [-0.4, -0.2) is 5.97 Å². The maximum Gasteiger partial charge on any atom is 0.337 e. The molecule has 0 saturated carbocycles. The maximum absolute atomic E-state index is 10.5. The third kappa shape index (κ3) is 5.71. The fraction of sp³-hybridized carbons (Fsp3) is 0.286. The van der Waals surface area contributed by atoms with Crippen molar-refractivity contribution in [1.82, 2.24) is 0 Å². The number of ether oxygens (including phenoxy) is 1. The fourth-order valence-corrected chi connectivity index (χ4v) is 0.230. The zero-order chi connectivity index (χ0) is 7.28. The molecule has 2 nitrogen and oxygen atoms in total. The molecule has 0 spiro atoms. The second kappa shape index (κ2) is 6.69. The molecule has 0 heterocycles. The average molecular weight is 192 g/mol. The molecule has 0 amide bonds. The summed E-state index contributed by atoms with van der Waals surface area (Å²) in [6.07, 6.45) is 2.97. The van der Waals surface area contributed by atoms with Crippen molar-refractivity contribution in [2.45, 2.75) is 13.8 Å². The van der Waals surface area contributed by atoms with E-state index in [1.165, 1.54) is 6.26 Å². The molecule has 0 aromatic heterocycles. The zero-order valence-corrected chi connectivity index (χ0v) is 9.35. The van der Waals surface area contributed by atoms with Gasteiger partial charge in [-0.05, 0) is 13.8 Å². The summed E-state index contributed by atoms with van der Waals surface area (Å²) in [7, 11) is 0. The summed E-state index contributed by atoms with van der Waals surface area (Å²) >= 11 is 0. The first kappa shape index (κ1) is 12.3. The molecule has 0 aromatic carbocycles. The largest absolute Gasteiger partial charge is 0.432 e. The summed E-state index contributed by atoms with van der Waals surface area (Å²) in [5.74, 6) is -0.381. The molecule has 0 atom stereocenters. The SMILES string of the molecule is C=C(C)C(=O)OC=CC.[Zn]. The van der Waals surface area contributed by atoms with Gasteiger partial charge in [0.05, 0.1) is 6.26 Å². The van der Waals surface area contributed by atoms with Crippen LogP contribution in [-0.2, 0) is 29.0 Å². The van der Waals surface area contributed by atoms with E-state index in [1.807, 2.05) is 0 Å². The summed E-state index contributed by atoms with van der Waals surface area (Å²) in [6.45, 7) is 6.77. The van der Waals surface area contributed by atoms with E-state index in [-0.39, 0.29) is 25.4 Å². The fourth-order valence-electron chi connectivity index (χ4n) is 0.230. The smallest absolute Gasteiger partial charge is 0.337 e. The number of rotatable bonds is 2. The first-order valence-corrected chi connectivity index (χ1v) is 2.66. The minimum Gasteiger partial charge on any atom is -0.432 e. The van der Waals surface area contributed by atoms with Crippen LogP contribution in [0.4, 0.5) is 0 Å². The van der Waals surface area contributed by atoms with Gasteiger partial charge < -0.3 is 4.74 Å². The molecule has 0 bridgehead atoms. The Bertz CT molecular complexity index is 150. The third-order valence-corrected chi connectivity index (χ3v) is 0.660. The van der Waals surface area contributed by atoms with Gasteiger partial charge >= 0.3 is 5.97 Å². The van der Waals surface area contributed by atoms with Crippen molar-refractivity contribution in [3.8, 4) is 0 Å². The van der Waals surface area contributed by atoms with Gasteiger partial charge in [0.25, 0.3) is 0 Å². The van der Waals surface area contributed by atoms with Gasteiger partial charge in [-0.2, -0.15) is 0 Å². The van der Waals surface area contributed by atoms with Crippen molar-refractivity contribution in [3.63, 3.8) is 0 Å². The van der Waals surface area contributed by atoms with Crippen molar-refractivity contribution < 1.29 is 29.0 Å². The van der Waals surface area contributed by atoms with E-state index in [0.717, 1.165) is 0 Å². The standard InChI is InChI=1S/C7H10O2.Zn/c1-4-5-9-7(8)6(2)3;/h4-5H,2H2,1,3H3;. The molecule has 0 radical (unpaired) electrons. The third-order valence-electron chi connectivity index (χ3n) is 0.660. The number of esters is 1. The van der Waals surface area contributed by atoms with Crippen molar-refractivity contribution in [2.75, 3.05) is 0 Å². The minimum absolute atomic E-state index is 0. The van der Waals surface area contributed by atoms with Crippen LogP contribution >= 0.6 is 0 Å².